The first kappa shape index (κ1) is 28.4. The van der Waals surface area contributed by atoms with E-state index in [1.165, 1.54) is 24.3 Å². The second-order valence-corrected chi connectivity index (χ2v) is 10.1. The molecule has 0 aliphatic heterocycles. The van der Waals surface area contributed by atoms with Crippen molar-refractivity contribution in [3.05, 3.63) is 86.1 Å². The van der Waals surface area contributed by atoms with Gasteiger partial charge in [-0.3, -0.25) is 4.79 Å². The maximum absolute atomic E-state index is 11.7. The molecule has 0 unspecified atom stereocenters. The minimum absolute atomic E-state index is 0.0231. The van der Waals surface area contributed by atoms with Crippen LogP contribution in [0.4, 0.5) is 0 Å². The number of benzene rings is 2. The van der Waals surface area contributed by atoms with E-state index in [0.29, 0.717) is 41.4 Å². The molecular formula is C30H32O8. The summed E-state index contributed by atoms with van der Waals surface area (Å²) < 4.78 is 15.4. The van der Waals surface area contributed by atoms with Crippen LogP contribution in [0.3, 0.4) is 0 Å². The number of aromatic hydroxyl groups is 1. The van der Waals surface area contributed by atoms with Gasteiger partial charge in [0.05, 0.1) is 0 Å². The van der Waals surface area contributed by atoms with Crippen LogP contribution in [-0.2, 0) is 27.2 Å². The molecule has 4 aromatic rings. The second-order valence-electron chi connectivity index (χ2n) is 10.1. The molecule has 0 amide bonds. The van der Waals surface area contributed by atoms with Crippen LogP contribution in [0.2, 0.25) is 0 Å². The number of Topliss-reactive ketones (excluding diaryl/α,β-unsaturated/α-hetero) is 1. The van der Waals surface area contributed by atoms with Gasteiger partial charge in [0.25, 0.3) is 0 Å². The van der Waals surface area contributed by atoms with Gasteiger partial charge < -0.3 is 23.5 Å². The Balaban J connectivity index is 0.000000215. The van der Waals surface area contributed by atoms with Crippen molar-refractivity contribution in [2.45, 2.75) is 65.9 Å². The molecular weight excluding hydrogens is 488 g/mol. The van der Waals surface area contributed by atoms with Crippen molar-refractivity contribution in [3.63, 3.8) is 0 Å². The number of carbonyl (C=O) groups is 2. The highest BCUT2D eigenvalue weighted by molar-refractivity contribution is 5.83. The number of ketones is 1. The zero-order valence-electron chi connectivity index (χ0n) is 22.3. The Morgan fingerprint density at radius 1 is 0.816 bits per heavy atom. The van der Waals surface area contributed by atoms with Gasteiger partial charge >= 0.3 is 17.2 Å². The largest absolute Gasteiger partial charge is 0.508 e. The molecule has 2 aromatic heterocycles. The average molecular weight is 521 g/mol. The summed E-state index contributed by atoms with van der Waals surface area (Å²) in [5.41, 5.74) is 2.13. The van der Waals surface area contributed by atoms with Crippen LogP contribution in [0.25, 0.3) is 21.9 Å². The zero-order valence-corrected chi connectivity index (χ0v) is 22.3. The van der Waals surface area contributed by atoms with E-state index in [-0.39, 0.29) is 29.5 Å². The van der Waals surface area contributed by atoms with E-state index >= 15 is 0 Å². The van der Waals surface area contributed by atoms with E-state index in [1.54, 1.807) is 33.8 Å². The van der Waals surface area contributed by atoms with E-state index in [4.69, 9.17) is 13.6 Å². The van der Waals surface area contributed by atoms with Gasteiger partial charge in [0, 0.05) is 41.8 Å². The third kappa shape index (κ3) is 8.16. The van der Waals surface area contributed by atoms with E-state index in [2.05, 4.69) is 0 Å². The number of phenols is 1. The number of hydrogen-bond donors (Lipinski definition) is 1. The molecule has 0 saturated carbocycles. The van der Waals surface area contributed by atoms with E-state index < -0.39 is 11.2 Å². The molecule has 8 heteroatoms. The van der Waals surface area contributed by atoms with Gasteiger partial charge in [-0.2, -0.15) is 0 Å². The number of ether oxygens (including phenoxy) is 1. The Bertz CT molecular complexity index is 1580. The van der Waals surface area contributed by atoms with Crippen molar-refractivity contribution in [3.8, 4) is 5.75 Å². The molecule has 0 saturated heterocycles. The SMILES string of the molecule is CC(=O)CCc1cc(=O)oc2cc(C)ccc12.CC(C)(C)OC(=O)CCc1cc(=O)oc2cc(O)ccc12. The molecule has 2 heterocycles. The van der Waals surface area contributed by atoms with Gasteiger partial charge in [-0.05, 0) is 82.3 Å². The lowest BCUT2D eigenvalue weighted by atomic mass is 10.0. The van der Waals surface area contributed by atoms with Crippen molar-refractivity contribution in [1.29, 1.82) is 0 Å². The monoisotopic (exact) mass is 520 g/mol. The molecule has 1 N–H and O–H groups in total. The van der Waals surface area contributed by atoms with Crippen LogP contribution in [0.15, 0.2) is 67.0 Å². The molecule has 0 fully saturated rings. The van der Waals surface area contributed by atoms with Gasteiger partial charge in [0.2, 0.25) is 0 Å². The Hall–Kier alpha value is -4.20. The predicted octanol–water partition coefficient (Wildman–Crippen LogP) is 5.40. The summed E-state index contributed by atoms with van der Waals surface area (Å²) in [6.45, 7) is 8.92. The second kappa shape index (κ2) is 11.9. The summed E-state index contributed by atoms with van der Waals surface area (Å²) in [4.78, 5) is 45.7. The average Bonchev–Trinajstić information content (AvgIpc) is 2.79. The summed E-state index contributed by atoms with van der Waals surface area (Å²) in [5.74, 6) is -0.170. The Kier molecular flexibility index (Phi) is 8.88. The smallest absolute Gasteiger partial charge is 0.336 e. The molecule has 4 rings (SSSR count). The highest BCUT2D eigenvalue weighted by Gasteiger charge is 2.17. The quantitative estimate of drug-likeness (QED) is 0.265. The normalized spacial score (nSPS) is 11.2. The molecule has 200 valence electrons. The first-order valence-corrected chi connectivity index (χ1v) is 12.3. The lowest BCUT2D eigenvalue weighted by Gasteiger charge is -2.19. The molecule has 0 spiro atoms. The lowest BCUT2D eigenvalue weighted by Crippen LogP contribution is -2.24. The molecule has 0 aliphatic carbocycles. The maximum Gasteiger partial charge on any atom is 0.336 e. The minimum atomic E-state index is -0.527. The van der Waals surface area contributed by atoms with E-state index in [0.717, 1.165) is 16.5 Å². The van der Waals surface area contributed by atoms with Gasteiger partial charge in [0.15, 0.2) is 0 Å². The van der Waals surface area contributed by atoms with Crippen molar-refractivity contribution >= 4 is 33.7 Å². The zero-order chi connectivity index (χ0) is 28.0. The van der Waals surface area contributed by atoms with Gasteiger partial charge in [-0.25, -0.2) is 9.59 Å². The van der Waals surface area contributed by atoms with Crippen molar-refractivity contribution in [2.75, 3.05) is 0 Å². The summed E-state index contributed by atoms with van der Waals surface area (Å²) in [7, 11) is 0. The molecule has 0 aliphatic rings. The highest BCUT2D eigenvalue weighted by atomic mass is 16.6. The Morgan fingerprint density at radius 3 is 1.89 bits per heavy atom. The maximum atomic E-state index is 11.7. The minimum Gasteiger partial charge on any atom is -0.508 e. The van der Waals surface area contributed by atoms with Crippen LogP contribution in [-0.4, -0.2) is 22.5 Å². The standard InChI is InChI=1S/C16H18O5.C14H14O3/c1-16(2,3)21-14(18)7-4-10-8-15(19)20-13-9-11(17)5-6-12(10)13;1-9-3-6-12-11(5-4-10(2)15)8-14(16)17-13(12)7-9/h5-6,8-9,17H,4,7H2,1-3H3;3,6-8H,4-5H2,1-2H3. The summed E-state index contributed by atoms with van der Waals surface area (Å²) >= 11 is 0. The topological polar surface area (TPSA) is 124 Å². The summed E-state index contributed by atoms with van der Waals surface area (Å²) in [6, 6.07) is 13.1. The van der Waals surface area contributed by atoms with E-state index in [1.807, 2.05) is 25.1 Å². The van der Waals surface area contributed by atoms with Crippen molar-refractivity contribution < 1.29 is 28.3 Å². The highest BCUT2D eigenvalue weighted by Crippen LogP contribution is 2.23. The fraction of sp³-hybridized carbons (Fsp3) is 0.333. The Morgan fingerprint density at radius 2 is 1.34 bits per heavy atom. The molecule has 0 bridgehead atoms. The van der Waals surface area contributed by atoms with Crippen molar-refractivity contribution in [1.82, 2.24) is 0 Å². The number of fused-ring (bicyclic) bond motifs is 2. The predicted molar refractivity (Wildman–Crippen MR) is 145 cm³/mol. The summed E-state index contributed by atoms with van der Waals surface area (Å²) in [6.07, 6.45) is 1.59. The van der Waals surface area contributed by atoms with Gasteiger partial charge in [-0.15, -0.1) is 0 Å². The van der Waals surface area contributed by atoms with Gasteiger partial charge in [-0.1, -0.05) is 12.1 Å². The number of hydrogen-bond acceptors (Lipinski definition) is 8. The van der Waals surface area contributed by atoms with Crippen LogP contribution in [0.5, 0.6) is 5.75 Å². The van der Waals surface area contributed by atoms with Crippen molar-refractivity contribution in [2.24, 2.45) is 0 Å². The summed E-state index contributed by atoms with van der Waals surface area (Å²) in [5, 5.41) is 11.0. The lowest BCUT2D eigenvalue weighted by molar-refractivity contribution is -0.154. The number of phenolic OH excluding ortho intramolecular Hbond substituents is 1. The molecule has 0 radical (unpaired) electrons. The number of aryl methyl sites for hydroxylation is 3. The number of rotatable bonds is 6. The molecule has 38 heavy (non-hydrogen) atoms. The van der Waals surface area contributed by atoms with E-state index in [9.17, 15) is 24.3 Å². The molecule has 2 aromatic carbocycles. The third-order valence-electron chi connectivity index (χ3n) is 5.56. The van der Waals surface area contributed by atoms with Crippen LogP contribution in [0.1, 0.15) is 57.2 Å². The Labute approximate surface area is 219 Å². The molecule has 8 nitrogen and oxygen atoms in total. The first-order chi connectivity index (χ1) is 17.8. The fourth-order valence-electron chi connectivity index (χ4n) is 3.91. The van der Waals surface area contributed by atoms with Gasteiger partial charge in [0.1, 0.15) is 28.3 Å². The van der Waals surface area contributed by atoms with Crippen LogP contribution in [0, 0.1) is 6.92 Å². The third-order valence-corrected chi connectivity index (χ3v) is 5.56. The fourth-order valence-corrected chi connectivity index (χ4v) is 3.91. The number of carbonyl (C=O) groups excluding carboxylic acids is 2. The van der Waals surface area contributed by atoms with Crippen LogP contribution >= 0.6 is 0 Å². The molecule has 0 atom stereocenters. The first-order valence-electron chi connectivity index (χ1n) is 12.3. The number of esters is 1. The van der Waals surface area contributed by atoms with Crippen LogP contribution < -0.4 is 11.3 Å².